The molecule has 1 rings (SSSR count). The average Bonchev–Trinajstić information content (AvgIpc) is 2.42. The standard InChI is InChI=1S/C13H23N3O5/c1-8(17)9-4-6-16(7-5-9)13(21)15-10(12(19)20)2-3-11(14)18/h8-10,17H,2-7H2,1H3,(H2,14,18)(H,15,21)(H,19,20). The second-order valence-electron chi connectivity index (χ2n) is 5.41. The van der Waals surface area contributed by atoms with Crippen LogP contribution in [0.3, 0.4) is 0 Å². The van der Waals surface area contributed by atoms with Crippen LogP contribution < -0.4 is 11.1 Å². The van der Waals surface area contributed by atoms with Crippen LogP contribution in [-0.4, -0.2) is 58.3 Å². The molecule has 0 saturated carbocycles. The summed E-state index contributed by atoms with van der Waals surface area (Å²) in [4.78, 5) is 35.3. The number of nitrogens with one attached hydrogen (secondary N) is 1. The van der Waals surface area contributed by atoms with Crippen LogP contribution in [0.25, 0.3) is 0 Å². The minimum Gasteiger partial charge on any atom is -0.480 e. The molecule has 2 atom stereocenters. The van der Waals surface area contributed by atoms with E-state index in [0.29, 0.717) is 25.9 Å². The number of hydrogen-bond donors (Lipinski definition) is 4. The molecule has 0 aliphatic carbocycles. The third kappa shape index (κ3) is 5.58. The van der Waals surface area contributed by atoms with Crippen molar-refractivity contribution in [2.75, 3.05) is 13.1 Å². The van der Waals surface area contributed by atoms with Crippen molar-refractivity contribution < 1.29 is 24.6 Å². The maximum Gasteiger partial charge on any atom is 0.326 e. The van der Waals surface area contributed by atoms with Gasteiger partial charge in [-0.3, -0.25) is 4.79 Å². The summed E-state index contributed by atoms with van der Waals surface area (Å²) in [6, 6.07) is -1.59. The first kappa shape index (κ1) is 17.2. The van der Waals surface area contributed by atoms with Gasteiger partial charge in [-0.2, -0.15) is 0 Å². The Morgan fingerprint density at radius 3 is 2.33 bits per heavy atom. The minimum atomic E-state index is -1.19. The number of carbonyl (C=O) groups excluding carboxylic acids is 2. The highest BCUT2D eigenvalue weighted by molar-refractivity contribution is 5.83. The molecule has 3 amide bonds. The summed E-state index contributed by atoms with van der Waals surface area (Å²) >= 11 is 0. The molecule has 1 heterocycles. The summed E-state index contributed by atoms with van der Waals surface area (Å²) < 4.78 is 0. The van der Waals surface area contributed by atoms with Crippen molar-refractivity contribution >= 4 is 17.9 Å². The van der Waals surface area contributed by atoms with E-state index >= 15 is 0 Å². The van der Waals surface area contributed by atoms with Crippen LogP contribution in [0.2, 0.25) is 0 Å². The maximum atomic E-state index is 12.0. The number of amides is 3. The van der Waals surface area contributed by atoms with Crippen LogP contribution in [0, 0.1) is 5.92 Å². The van der Waals surface area contributed by atoms with E-state index in [9.17, 15) is 19.5 Å². The number of carbonyl (C=O) groups is 3. The van der Waals surface area contributed by atoms with E-state index in [1.54, 1.807) is 6.92 Å². The number of aliphatic hydroxyl groups excluding tert-OH is 1. The first-order chi connectivity index (χ1) is 9.81. The molecular formula is C13H23N3O5. The lowest BCUT2D eigenvalue weighted by molar-refractivity contribution is -0.139. The maximum absolute atomic E-state index is 12.0. The smallest absolute Gasteiger partial charge is 0.326 e. The summed E-state index contributed by atoms with van der Waals surface area (Å²) in [6.45, 7) is 2.68. The van der Waals surface area contributed by atoms with Gasteiger partial charge in [-0.25, -0.2) is 9.59 Å². The molecule has 5 N–H and O–H groups in total. The molecule has 8 heteroatoms. The predicted molar refractivity (Wildman–Crippen MR) is 74.4 cm³/mol. The zero-order valence-electron chi connectivity index (χ0n) is 12.1. The van der Waals surface area contributed by atoms with Crippen LogP contribution in [0.5, 0.6) is 0 Å². The highest BCUT2D eigenvalue weighted by Gasteiger charge is 2.28. The van der Waals surface area contributed by atoms with E-state index in [1.165, 1.54) is 4.90 Å². The Hall–Kier alpha value is -1.83. The predicted octanol–water partition coefficient (Wildman–Crippen LogP) is -0.492. The molecule has 120 valence electrons. The van der Waals surface area contributed by atoms with Crippen LogP contribution in [-0.2, 0) is 9.59 Å². The summed E-state index contributed by atoms with van der Waals surface area (Å²) in [5.41, 5.74) is 4.98. The molecule has 8 nitrogen and oxygen atoms in total. The van der Waals surface area contributed by atoms with E-state index < -0.39 is 30.1 Å². The molecule has 0 aromatic rings. The summed E-state index contributed by atoms with van der Waals surface area (Å²) in [5.74, 6) is -1.63. The Kier molecular flexibility index (Phi) is 6.41. The minimum absolute atomic E-state index is 0.0272. The average molecular weight is 301 g/mol. The zero-order valence-corrected chi connectivity index (χ0v) is 12.1. The Morgan fingerprint density at radius 2 is 1.90 bits per heavy atom. The van der Waals surface area contributed by atoms with Gasteiger partial charge in [0, 0.05) is 19.5 Å². The number of urea groups is 1. The number of carboxylic acid groups (broad SMARTS) is 1. The van der Waals surface area contributed by atoms with E-state index in [2.05, 4.69) is 5.32 Å². The van der Waals surface area contributed by atoms with E-state index in [1.807, 2.05) is 0 Å². The molecule has 0 aromatic heterocycles. The highest BCUT2D eigenvalue weighted by Crippen LogP contribution is 2.20. The number of primary amides is 1. The summed E-state index contributed by atoms with van der Waals surface area (Å²) in [5, 5.41) is 20.9. The second-order valence-corrected chi connectivity index (χ2v) is 5.41. The molecule has 1 saturated heterocycles. The molecule has 1 fully saturated rings. The van der Waals surface area contributed by atoms with Gasteiger partial charge in [0.05, 0.1) is 6.10 Å². The van der Waals surface area contributed by atoms with Gasteiger partial charge in [-0.05, 0) is 32.1 Å². The van der Waals surface area contributed by atoms with Gasteiger partial charge in [0.25, 0.3) is 0 Å². The van der Waals surface area contributed by atoms with Crippen LogP contribution in [0.4, 0.5) is 4.79 Å². The normalized spacial score (nSPS) is 18.9. The van der Waals surface area contributed by atoms with Gasteiger partial charge in [-0.15, -0.1) is 0 Å². The number of piperidine rings is 1. The zero-order chi connectivity index (χ0) is 16.0. The monoisotopic (exact) mass is 301 g/mol. The van der Waals surface area contributed by atoms with E-state index in [4.69, 9.17) is 10.8 Å². The first-order valence-electron chi connectivity index (χ1n) is 7.06. The molecule has 21 heavy (non-hydrogen) atoms. The second kappa shape index (κ2) is 7.82. The van der Waals surface area contributed by atoms with Crippen molar-refractivity contribution in [1.82, 2.24) is 10.2 Å². The van der Waals surface area contributed by atoms with Crippen molar-refractivity contribution in [3.63, 3.8) is 0 Å². The van der Waals surface area contributed by atoms with Crippen molar-refractivity contribution in [3.05, 3.63) is 0 Å². The lowest BCUT2D eigenvalue weighted by Crippen LogP contribution is -2.51. The summed E-state index contributed by atoms with van der Waals surface area (Å²) in [7, 11) is 0. The van der Waals surface area contributed by atoms with Gasteiger partial charge < -0.3 is 26.2 Å². The van der Waals surface area contributed by atoms with Crippen molar-refractivity contribution in [2.45, 2.75) is 44.8 Å². The number of carboxylic acids is 1. The molecule has 0 bridgehead atoms. The number of nitrogens with two attached hydrogens (primary N) is 1. The van der Waals surface area contributed by atoms with Gasteiger partial charge in [0.1, 0.15) is 6.04 Å². The Balaban J connectivity index is 2.47. The van der Waals surface area contributed by atoms with E-state index in [0.717, 1.165) is 0 Å². The molecule has 0 spiro atoms. The van der Waals surface area contributed by atoms with Gasteiger partial charge in [0.2, 0.25) is 5.91 Å². The van der Waals surface area contributed by atoms with Crippen molar-refractivity contribution in [3.8, 4) is 0 Å². The Morgan fingerprint density at radius 1 is 1.33 bits per heavy atom. The third-order valence-electron chi connectivity index (χ3n) is 3.78. The van der Waals surface area contributed by atoms with Gasteiger partial charge in [0.15, 0.2) is 0 Å². The number of rotatable bonds is 6. The number of aliphatic hydroxyl groups is 1. The SMILES string of the molecule is CC(O)C1CCN(C(=O)NC(CCC(N)=O)C(=O)O)CC1. The Bertz CT molecular complexity index is 391. The van der Waals surface area contributed by atoms with Crippen LogP contribution in [0.15, 0.2) is 0 Å². The number of nitrogens with zero attached hydrogens (tertiary/aromatic N) is 1. The molecule has 1 aliphatic rings. The quantitative estimate of drug-likeness (QED) is 0.525. The van der Waals surface area contributed by atoms with E-state index in [-0.39, 0.29) is 18.8 Å². The third-order valence-corrected chi connectivity index (χ3v) is 3.78. The topological polar surface area (TPSA) is 133 Å². The number of likely N-dealkylation sites (tertiary alicyclic amines) is 1. The molecule has 1 aliphatic heterocycles. The molecule has 2 unspecified atom stereocenters. The lowest BCUT2D eigenvalue weighted by Gasteiger charge is -2.33. The number of aliphatic carboxylic acids is 1. The van der Waals surface area contributed by atoms with Crippen LogP contribution in [0.1, 0.15) is 32.6 Å². The highest BCUT2D eigenvalue weighted by atomic mass is 16.4. The molecule has 0 aromatic carbocycles. The van der Waals surface area contributed by atoms with Crippen molar-refractivity contribution in [2.24, 2.45) is 11.7 Å². The fourth-order valence-electron chi connectivity index (χ4n) is 2.37. The Labute approximate surface area is 123 Å². The molecular weight excluding hydrogens is 278 g/mol. The number of hydrogen-bond acceptors (Lipinski definition) is 4. The fourth-order valence-corrected chi connectivity index (χ4v) is 2.37. The first-order valence-corrected chi connectivity index (χ1v) is 7.06. The van der Waals surface area contributed by atoms with Crippen molar-refractivity contribution in [1.29, 1.82) is 0 Å². The van der Waals surface area contributed by atoms with Crippen LogP contribution >= 0.6 is 0 Å². The summed E-state index contributed by atoms with van der Waals surface area (Å²) in [6.07, 6.45) is 0.841. The largest absolute Gasteiger partial charge is 0.480 e. The molecule has 0 radical (unpaired) electrons. The fraction of sp³-hybridized carbons (Fsp3) is 0.769. The lowest BCUT2D eigenvalue weighted by atomic mass is 9.92. The van der Waals surface area contributed by atoms with Gasteiger partial charge >= 0.3 is 12.0 Å². The van der Waals surface area contributed by atoms with Gasteiger partial charge in [-0.1, -0.05) is 0 Å².